The number of aryl methyl sites for hydroxylation is 1. The van der Waals surface area contributed by atoms with E-state index in [0.29, 0.717) is 0 Å². The van der Waals surface area contributed by atoms with E-state index in [0.717, 1.165) is 18.4 Å². The Morgan fingerprint density at radius 1 is 1.31 bits per heavy atom. The van der Waals surface area contributed by atoms with Gasteiger partial charge in [0.05, 0.1) is 0 Å². The summed E-state index contributed by atoms with van der Waals surface area (Å²) in [5, 5.41) is 27.0. The zero-order valence-electron chi connectivity index (χ0n) is 7.57. The van der Waals surface area contributed by atoms with Crippen LogP contribution in [0.5, 0.6) is 5.75 Å². The fraction of sp³-hybridized carbons (Fsp3) is 0.400. The average molecular weight is 182 g/mol. The van der Waals surface area contributed by atoms with Gasteiger partial charge in [-0.3, -0.25) is 0 Å². The first-order valence-corrected chi connectivity index (χ1v) is 4.33. The Bertz CT molecular complexity index is 281. The van der Waals surface area contributed by atoms with Crippen molar-refractivity contribution in [3.63, 3.8) is 0 Å². The van der Waals surface area contributed by atoms with E-state index in [4.69, 9.17) is 10.2 Å². The SMILES string of the molecule is CCCc1ccc(O)c(C(O)O)c1. The van der Waals surface area contributed by atoms with Gasteiger partial charge in [0.15, 0.2) is 6.29 Å². The van der Waals surface area contributed by atoms with Crippen molar-refractivity contribution in [2.75, 3.05) is 0 Å². The topological polar surface area (TPSA) is 60.7 Å². The minimum Gasteiger partial charge on any atom is -0.507 e. The number of aliphatic hydroxyl groups is 2. The number of phenolic OH excluding ortho intramolecular Hbond substituents is 1. The molecule has 0 aromatic heterocycles. The third-order valence-corrected chi connectivity index (χ3v) is 1.91. The summed E-state index contributed by atoms with van der Waals surface area (Å²) in [6, 6.07) is 4.88. The minimum atomic E-state index is -1.60. The number of hydrogen-bond acceptors (Lipinski definition) is 3. The van der Waals surface area contributed by atoms with Gasteiger partial charge in [-0.1, -0.05) is 19.4 Å². The number of phenols is 1. The van der Waals surface area contributed by atoms with Crippen molar-refractivity contribution in [2.24, 2.45) is 0 Å². The van der Waals surface area contributed by atoms with Crippen LogP contribution in [0.25, 0.3) is 0 Å². The Kier molecular flexibility index (Phi) is 3.28. The van der Waals surface area contributed by atoms with Crippen LogP contribution in [-0.2, 0) is 6.42 Å². The summed E-state index contributed by atoms with van der Waals surface area (Å²) in [7, 11) is 0. The second-order valence-electron chi connectivity index (χ2n) is 3.02. The maximum atomic E-state index is 9.25. The van der Waals surface area contributed by atoms with E-state index < -0.39 is 6.29 Å². The molecule has 1 aromatic carbocycles. The molecule has 0 heterocycles. The lowest BCUT2D eigenvalue weighted by Crippen LogP contribution is -1.96. The van der Waals surface area contributed by atoms with Gasteiger partial charge in [0.1, 0.15) is 5.75 Å². The molecule has 0 aliphatic carbocycles. The molecule has 3 N–H and O–H groups in total. The molecular weight excluding hydrogens is 168 g/mol. The van der Waals surface area contributed by atoms with Gasteiger partial charge in [0.25, 0.3) is 0 Å². The van der Waals surface area contributed by atoms with Crippen molar-refractivity contribution in [3.05, 3.63) is 29.3 Å². The van der Waals surface area contributed by atoms with Crippen LogP contribution < -0.4 is 0 Å². The number of hydrogen-bond donors (Lipinski definition) is 3. The molecule has 0 bridgehead atoms. The molecule has 0 atom stereocenters. The van der Waals surface area contributed by atoms with E-state index in [1.165, 1.54) is 6.07 Å². The normalized spacial score (nSPS) is 10.8. The minimum absolute atomic E-state index is 0.0742. The molecule has 13 heavy (non-hydrogen) atoms. The molecule has 0 spiro atoms. The second kappa shape index (κ2) is 4.25. The van der Waals surface area contributed by atoms with E-state index in [9.17, 15) is 5.11 Å². The summed E-state index contributed by atoms with van der Waals surface area (Å²) >= 11 is 0. The molecule has 0 unspecified atom stereocenters. The maximum absolute atomic E-state index is 9.25. The Balaban J connectivity index is 2.97. The molecule has 0 radical (unpaired) electrons. The average Bonchev–Trinajstić information content (AvgIpc) is 2.08. The number of benzene rings is 1. The summed E-state index contributed by atoms with van der Waals surface area (Å²) in [5.41, 5.74) is 1.18. The highest BCUT2D eigenvalue weighted by molar-refractivity contribution is 5.36. The number of aromatic hydroxyl groups is 1. The van der Waals surface area contributed by atoms with Crippen molar-refractivity contribution < 1.29 is 15.3 Å². The zero-order valence-corrected chi connectivity index (χ0v) is 7.57. The first-order valence-electron chi connectivity index (χ1n) is 4.33. The molecule has 3 heteroatoms. The molecule has 1 rings (SSSR count). The third kappa shape index (κ3) is 2.44. The van der Waals surface area contributed by atoms with Crippen LogP contribution in [0.15, 0.2) is 18.2 Å². The molecule has 0 aliphatic rings. The summed E-state index contributed by atoms with van der Waals surface area (Å²) in [6.45, 7) is 2.04. The summed E-state index contributed by atoms with van der Waals surface area (Å²) in [5.74, 6) is -0.0742. The van der Waals surface area contributed by atoms with Crippen molar-refractivity contribution in [3.8, 4) is 5.75 Å². The molecular formula is C10H14O3. The molecule has 72 valence electrons. The van der Waals surface area contributed by atoms with Crippen molar-refractivity contribution >= 4 is 0 Å². The first kappa shape index (κ1) is 10.0. The Morgan fingerprint density at radius 2 is 2.00 bits per heavy atom. The Labute approximate surface area is 77.3 Å². The summed E-state index contributed by atoms with van der Waals surface area (Å²) in [4.78, 5) is 0. The molecule has 0 fully saturated rings. The smallest absolute Gasteiger partial charge is 0.182 e. The van der Waals surface area contributed by atoms with Crippen LogP contribution in [0.3, 0.4) is 0 Å². The largest absolute Gasteiger partial charge is 0.507 e. The number of aliphatic hydroxyl groups excluding tert-OH is 1. The lowest BCUT2D eigenvalue weighted by molar-refractivity contribution is -0.0439. The van der Waals surface area contributed by atoms with E-state index in [1.807, 2.05) is 6.92 Å². The van der Waals surface area contributed by atoms with Crippen LogP contribution in [-0.4, -0.2) is 15.3 Å². The van der Waals surface area contributed by atoms with Gasteiger partial charge in [0.2, 0.25) is 0 Å². The van der Waals surface area contributed by atoms with E-state index >= 15 is 0 Å². The highest BCUT2D eigenvalue weighted by Gasteiger charge is 2.08. The fourth-order valence-electron chi connectivity index (χ4n) is 1.25. The molecule has 0 saturated carbocycles. The van der Waals surface area contributed by atoms with Gasteiger partial charge in [0, 0.05) is 5.56 Å². The Hall–Kier alpha value is -1.06. The molecule has 0 amide bonds. The van der Waals surface area contributed by atoms with E-state index in [1.54, 1.807) is 12.1 Å². The van der Waals surface area contributed by atoms with Gasteiger partial charge in [-0.2, -0.15) is 0 Å². The standard InChI is InChI=1S/C10H14O3/c1-2-3-7-4-5-9(11)8(6-7)10(12)13/h4-6,10-13H,2-3H2,1H3. The molecule has 0 aliphatic heterocycles. The lowest BCUT2D eigenvalue weighted by atomic mass is 10.1. The van der Waals surface area contributed by atoms with E-state index in [2.05, 4.69) is 0 Å². The summed E-state index contributed by atoms with van der Waals surface area (Å²) < 4.78 is 0. The van der Waals surface area contributed by atoms with Crippen LogP contribution in [0.2, 0.25) is 0 Å². The quantitative estimate of drug-likeness (QED) is 0.618. The fourth-order valence-corrected chi connectivity index (χ4v) is 1.25. The predicted octanol–water partition coefficient (Wildman–Crippen LogP) is 1.33. The van der Waals surface area contributed by atoms with Crippen LogP contribution >= 0.6 is 0 Å². The zero-order chi connectivity index (χ0) is 9.84. The molecule has 1 aromatic rings. The molecule has 0 saturated heterocycles. The highest BCUT2D eigenvalue weighted by atomic mass is 16.5. The molecule has 3 nitrogen and oxygen atoms in total. The third-order valence-electron chi connectivity index (χ3n) is 1.91. The highest BCUT2D eigenvalue weighted by Crippen LogP contribution is 2.24. The summed E-state index contributed by atoms with van der Waals surface area (Å²) in [6.07, 6.45) is 0.267. The van der Waals surface area contributed by atoms with Crippen molar-refractivity contribution in [1.29, 1.82) is 0 Å². The number of rotatable bonds is 3. The van der Waals surface area contributed by atoms with E-state index in [-0.39, 0.29) is 11.3 Å². The van der Waals surface area contributed by atoms with Crippen LogP contribution in [0.4, 0.5) is 0 Å². The van der Waals surface area contributed by atoms with Gasteiger partial charge >= 0.3 is 0 Å². The second-order valence-corrected chi connectivity index (χ2v) is 3.02. The maximum Gasteiger partial charge on any atom is 0.182 e. The monoisotopic (exact) mass is 182 g/mol. The Morgan fingerprint density at radius 3 is 2.54 bits per heavy atom. The van der Waals surface area contributed by atoms with Crippen molar-refractivity contribution in [2.45, 2.75) is 26.1 Å². The van der Waals surface area contributed by atoms with Gasteiger partial charge in [-0.15, -0.1) is 0 Å². The van der Waals surface area contributed by atoms with Gasteiger partial charge in [-0.05, 0) is 24.1 Å². The first-order chi connectivity index (χ1) is 6.15. The van der Waals surface area contributed by atoms with Crippen molar-refractivity contribution in [1.82, 2.24) is 0 Å². The van der Waals surface area contributed by atoms with Gasteiger partial charge in [-0.25, -0.2) is 0 Å². The lowest BCUT2D eigenvalue weighted by Gasteiger charge is -2.08. The van der Waals surface area contributed by atoms with Gasteiger partial charge < -0.3 is 15.3 Å². The predicted molar refractivity (Wildman–Crippen MR) is 49.3 cm³/mol. The van der Waals surface area contributed by atoms with Crippen LogP contribution in [0.1, 0.15) is 30.8 Å². The van der Waals surface area contributed by atoms with Crippen LogP contribution in [0, 0.1) is 0 Å².